The molecule has 0 fully saturated rings. The number of hydrogen-bond acceptors (Lipinski definition) is 4. The lowest BCUT2D eigenvalue weighted by molar-refractivity contribution is -0.121. The highest BCUT2D eigenvalue weighted by Crippen LogP contribution is 2.14. The van der Waals surface area contributed by atoms with Crippen molar-refractivity contribution in [2.75, 3.05) is 5.32 Å². The summed E-state index contributed by atoms with van der Waals surface area (Å²) < 4.78 is 5.09. The number of anilines is 1. The molecule has 1 aromatic carbocycles. The van der Waals surface area contributed by atoms with E-state index in [0.717, 1.165) is 18.5 Å². The maximum atomic E-state index is 12.0. The van der Waals surface area contributed by atoms with Gasteiger partial charge >= 0.3 is 6.09 Å². The highest BCUT2D eigenvalue weighted by atomic mass is 16.6. The van der Waals surface area contributed by atoms with Crippen LogP contribution in [0, 0.1) is 6.92 Å². The zero-order valence-corrected chi connectivity index (χ0v) is 14.7. The van der Waals surface area contributed by atoms with Gasteiger partial charge in [-0.05, 0) is 46.2 Å². The topological polar surface area (TPSA) is 67.4 Å². The molecule has 0 aromatic heterocycles. The van der Waals surface area contributed by atoms with Gasteiger partial charge in [-0.1, -0.05) is 31.0 Å². The number of alkyl carbamates (subject to hydrolysis) is 1. The molecule has 0 aliphatic rings. The first-order chi connectivity index (χ1) is 10.7. The van der Waals surface area contributed by atoms with Crippen molar-refractivity contribution in [1.29, 1.82) is 0 Å². The Kier molecular flexibility index (Phi) is 7.07. The molecule has 1 aromatic rings. The first-order valence-corrected chi connectivity index (χ1v) is 8.05. The maximum Gasteiger partial charge on any atom is 0.414 e. The van der Waals surface area contributed by atoms with Crippen molar-refractivity contribution in [1.82, 2.24) is 5.32 Å². The van der Waals surface area contributed by atoms with Crippen molar-refractivity contribution >= 4 is 17.7 Å². The molecule has 0 radical (unpaired) electrons. The molecule has 0 aliphatic heterocycles. The van der Waals surface area contributed by atoms with E-state index in [0.29, 0.717) is 0 Å². The summed E-state index contributed by atoms with van der Waals surface area (Å²) in [6.45, 7) is 9.37. The molecule has 0 saturated heterocycles. The molecule has 5 nitrogen and oxygen atoms in total. The number of imide groups is 1. The number of carbonyl (C=O) groups is 2. The van der Waals surface area contributed by atoms with Gasteiger partial charge in [0.25, 0.3) is 0 Å². The summed E-state index contributed by atoms with van der Waals surface area (Å²) in [5.74, 6) is -0.336. The molecule has 0 heterocycles. The maximum absolute atomic E-state index is 12.0. The first kappa shape index (κ1) is 19.0. The van der Waals surface area contributed by atoms with Crippen LogP contribution in [0.1, 0.15) is 52.5 Å². The summed E-state index contributed by atoms with van der Waals surface area (Å²) >= 11 is 0. The molecule has 1 unspecified atom stereocenters. The molecule has 1 rings (SSSR count). The van der Waals surface area contributed by atoms with Crippen molar-refractivity contribution in [3.05, 3.63) is 29.8 Å². The first-order valence-electron chi connectivity index (χ1n) is 8.05. The van der Waals surface area contributed by atoms with Gasteiger partial charge in [-0.2, -0.15) is 0 Å². The van der Waals surface area contributed by atoms with E-state index in [4.69, 9.17) is 4.74 Å². The molecule has 0 aliphatic carbocycles. The Morgan fingerprint density at radius 2 is 1.78 bits per heavy atom. The minimum absolute atomic E-state index is 0.0230. The van der Waals surface area contributed by atoms with Crippen LogP contribution in [0.2, 0.25) is 0 Å². The fourth-order valence-electron chi connectivity index (χ4n) is 2.15. The third kappa shape index (κ3) is 8.24. The Bertz CT molecular complexity index is 518. The van der Waals surface area contributed by atoms with Gasteiger partial charge in [0.1, 0.15) is 5.60 Å². The number of amides is 2. The van der Waals surface area contributed by atoms with Gasteiger partial charge in [-0.15, -0.1) is 0 Å². The lowest BCUT2D eigenvalue weighted by Gasteiger charge is -2.21. The number of aryl methyl sites for hydroxylation is 1. The molecule has 1 atom stereocenters. The monoisotopic (exact) mass is 320 g/mol. The molecular weight excluding hydrogens is 292 g/mol. The second-order valence-corrected chi connectivity index (χ2v) is 6.75. The Balaban J connectivity index is 2.56. The molecule has 0 spiro atoms. The fourth-order valence-corrected chi connectivity index (χ4v) is 2.15. The molecule has 5 heteroatoms. The summed E-state index contributed by atoms with van der Waals surface area (Å²) in [4.78, 5) is 23.6. The lowest BCUT2D eigenvalue weighted by Crippen LogP contribution is -2.38. The Morgan fingerprint density at radius 1 is 1.17 bits per heavy atom. The second kappa shape index (κ2) is 8.56. The summed E-state index contributed by atoms with van der Waals surface area (Å²) in [5.41, 5.74) is 1.54. The lowest BCUT2D eigenvalue weighted by atomic mass is 10.1. The summed E-state index contributed by atoms with van der Waals surface area (Å²) in [6.07, 6.45) is 1.31. The normalized spacial score (nSPS) is 12.4. The van der Waals surface area contributed by atoms with Crippen LogP contribution >= 0.6 is 0 Å². The number of benzene rings is 1. The number of hydrogen-bond donors (Lipinski definition) is 2. The zero-order chi connectivity index (χ0) is 17.5. The minimum atomic E-state index is -0.701. The van der Waals surface area contributed by atoms with Gasteiger partial charge in [0.15, 0.2) is 0 Å². The highest BCUT2D eigenvalue weighted by molar-refractivity contribution is 5.92. The van der Waals surface area contributed by atoms with E-state index in [9.17, 15) is 9.59 Å². The van der Waals surface area contributed by atoms with Crippen molar-refractivity contribution < 1.29 is 14.3 Å². The van der Waals surface area contributed by atoms with E-state index in [1.165, 1.54) is 5.56 Å². The van der Waals surface area contributed by atoms with Crippen LogP contribution in [0.3, 0.4) is 0 Å². The van der Waals surface area contributed by atoms with Crippen molar-refractivity contribution in [2.24, 2.45) is 0 Å². The third-order valence-corrected chi connectivity index (χ3v) is 3.13. The average Bonchev–Trinajstić information content (AvgIpc) is 2.39. The summed E-state index contributed by atoms with van der Waals surface area (Å²) in [5, 5.41) is 5.63. The van der Waals surface area contributed by atoms with Crippen LogP contribution in [0.4, 0.5) is 10.5 Å². The largest absolute Gasteiger partial charge is 0.444 e. The van der Waals surface area contributed by atoms with E-state index in [-0.39, 0.29) is 18.4 Å². The molecular formula is C18H28N2O3. The van der Waals surface area contributed by atoms with E-state index >= 15 is 0 Å². The van der Waals surface area contributed by atoms with E-state index in [2.05, 4.69) is 17.6 Å². The molecule has 2 N–H and O–H groups in total. The molecule has 0 bridgehead atoms. The smallest absolute Gasteiger partial charge is 0.414 e. The van der Waals surface area contributed by atoms with E-state index < -0.39 is 11.7 Å². The number of nitrogens with one attached hydrogen (secondary N) is 2. The van der Waals surface area contributed by atoms with Crippen molar-refractivity contribution in [3.63, 3.8) is 0 Å². The number of carbonyl (C=O) groups excluding carboxylic acids is 2. The van der Waals surface area contributed by atoms with E-state index in [1.807, 2.05) is 31.2 Å². The van der Waals surface area contributed by atoms with Crippen LogP contribution in [0.25, 0.3) is 0 Å². The van der Waals surface area contributed by atoms with Crippen LogP contribution in [-0.4, -0.2) is 23.6 Å². The Hall–Kier alpha value is -2.04. The Labute approximate surface area is 138 Å². The van der Waals surface area contributed by atoms with Gasteiger partial charge in [-0.25, -0.2) is 4.79 Å². The second-order valence-electron chi connectivity index (χ2n) is 6.75. The summed E-state index contributed by atoms with van der Waals surface area (Å²) in [6, 6.07) is 8.00. The number of ether oxygens (including phenoxy) is 1. The Morgan fingerprint density at radius 3 is 2.30 bits per heavy atom. The SMILES string of the molecule is CCCC(CC(=O)NC(=O)OC(C)(C)C)Nc1ccc(C)cc1. The standard InChI is InChI=1S/C18H28N2O3/c1-6-7-15(19-14-10-8-13(2)9-11-14)12-16(21)20-17(22)23-18(3,4)5/h8-11,15,19H,6-7,12H2,1-5H3,(H,20,21,22). The quantitative estimate of drug-likeness (QED) is 0.831. The van der Waals surface area contributed by atoms with E-state index in [1.54, 1.807) is 20.8 Å². The third-order valence-electron chi connectivity index (χ3n) is 3.13. The zero-order valence-electron chi connectivity index (χ0n) is 14.7. The highest BCUT2D eigenvalue weighted by Gasteiger charge is 2.20. The van der Waals surface area contributed by atoms with Gasteiger partial charge in [-0.3, -0.25) is 10.1 Å². The molecule has 23 heavy (non-hydrogen) atoms. The van der Waals surface area contributed by atoms with Crippen LogP contribution in [0.5, 0.6) is 0 Å². The van der Waals surface area contributed by atoms with Gasteiger partial charge in [0.2, 0.25) is 5.91 Å². The van der Waals surface area contributed by atoms with Crippen LogP contribution < -0.4 is 10.6 Å². The fraction of sp³-hybridized carbons (Fsp3) is 0.556. The predicted molar refractivity (Wildman–Crippen MR) is 92.5 cm³/mol. The van der Waals surface area contributed by atoms with Gasteiger partial charge < -0.3 is 10.1 Å². The molecule has 2 amide bonds. The van der Waals surface area contributed by atoms with Crippen molar-refractivity contribution in [2.45, 2.75) is 65.5 Å². The predicted octanol–water partition coefficient (Wildman–Crippen LogP) is 4.02. The minimum Gasteiger partial charge on any atom is -0.444 e. The average molecular weight is 320 g/mol. The van der Waals surface area contributed by atoms with Crippen LogP contribution in [-0.2, 0) is 9.53 Å². The van der Waals surface area contributed by atoms with Crippen molar-refractivity contribution in [3.8, 4) is 0 Å². The number of rotatable bonds is 6. The molecule has 128 valence electrons. The van der Waals surface area contributed by atoms with Gasteiger partial charge in [0, 0.05) is 18.2 Å². The van der Waals surface area contributed by atoms with Gasteiger partial charge in [0.05, 0.1) is 0 Å². The summed E-state index contributed by atoms with van der Waals surface area (Å²) in [7, 11) is 0. The van der Waals surface area contributed by atoms with Crippen LogP contribution in [0.15, 0.2) is 24.3 Å². The molecule has 0 saturated carbocycles.